The van der Waals surface area contributed by atoms with Gasteiger partial charge in [-0.1, -0.05) is 0 Å². The topological polar surface area (TPSA) is 93.7 Å². The molecule has 0 radical (unpaired) electrons. The number of ether oxygens (including phenoxy) is 2. The molecule has 0 saturated heterocycles. The number of benzene rings is 2. The number of anilines is 1. The van der Waals surface area contributed by atoms with Crippen LogP contribution in [0.25, 0.3) is 0 Å². The van der Waals surface area contributed by atoms with Crippen LogP contribution in [0.3, 0.4) is 0 Å². The third kappa shape index (κ3) is 7.69. The Morgan fingerprint density at radius 1 is 1.10 bits per heavy atom. The van der Waals surface area contributed by atoms with E-state index in [1.807, 2.05) is 31.2 Å². The van der Waals surface area contributed by atoms with Crippen molar-refractivity contribution < 1.29 is 22.7 Å². The van der Waals surface area contributed by atoms with Crippen molar-refractivity contribution >= 4 is 33.4 Å². The summed E-state index contributed by atoms with van der Waals surface area (Å²) in [6, 6.07) is 13.2. The van der Waals surface area contributed by atoms with Gasteiger partial charge in [0.25, 0.3) is 0 Å². The van der Waals surface area contributed by atoms with Crippen molar-refractivity contribution in [1.82, 2.24) is 4.72 Å². The second kappa shape index (κ2) is 11.2. The molecule has 158 valence electrons. The van der Waals surface area contributed by atoms with Crippen molar-refractivity contribution in [1.29, 1.82) is 0 Å². The number of methoxy groups -OCH3 is 1. The summed E-state index contributed by atoms with van der Waals surface area (Å²) in [4.78, 5) is 13.2. The smallest absolute Gasteiger partial charge is 0.240 e. The van der Waals surface area contributed by atoms with Crippen molar-refractivity contribution in [2.75, 3.05) is 31.4 Å². The van der Waals surface area contributed by atoms with Crippen LogP contribution in [0.5, 0.6) is 5.75 Å². The fraction of sp³-hybridized carbons (Fsp3) is 0.350. The van der Waals surface area contributed by atoms with Crippen LogP contribution in [-0.4, -0.2) is 46.4 Å². The van der Waals surface area contributed by atoms with Crippen LogP contribution in [0.4, 0.5) is 5.69 Å². The molecule has 0 aliphatic rings. The summed E-state index contributed by atoms with van der Waals surface area (Å²) in [5.74, 6) is 0.859. The average molecular weight is 439 g/mol. The van der Waals surface area contributed by atoms with E-state index in [1.165, 1.54) is 31.0 Å². The molecule has 2 aromatic rings. The van der Waals surface area contributed by atoms with E-state index < -0.39 is 10.0 Å². The summed E-state index contributed by atoms with van der Waals surface area (Å²) in [6.07, 6.45) is 0. The number of rotatable bonds is 11. The molecule has 0 bridgehead atoms. The van der Waals surface area contributed by atoms with E-state index in [0.29, 0.717) is 12.3 Å². The van der Waals surface area contributed by atoms with Crippen molar-refractivity contribution in [3.05, 3.63) is 48.5 Å². The minimum absolute atomic E-state index is 0.127. The van der Waals surface area contributed by atoms with Gasteiger partial charge < -0.3 is 14.8 Å². The number of amides is 1. The molecule has 29 heavy (non-hydrogen) atoms. The lowest BCUT2D eigenvalue weighted by atomic mass is 10.3. The lowest BCUT2D eigenvalue weighted by Gasteiger charge is -2.13. The molecular formula is C20H26N2O5S2. The zero-order valence-electron chi connectivity index (χ0n) is 16.7. The zero-order valence-corrected chi connectivity index (χ0v) is 18.3. The van der Waals surface area contributed by atoms with Crippen molar-refractivity contribution in [2.24, 2.45) is 0 Å². The number of hydrogen-bond acceptors (Lipinski definition) is 6. The largest absolute Gasteiger partial charge is 0.494 e. The monoisotopic (exact) mass is 438 g/mol. The molecule has 7 nitrogen and oxygen atoms in total. The number of sulfonamides is 1. The highest BCUT2D eigenvalue weighted by Gasteiger charge is 2.17. The highest BCUT2D eigenvalue weighted by Crippen LogP contribution is 2.22. The highest BCUT2D eigenvalue weighted by atomic mass is 32.2. The van der Waals surface area contributed by atoms with Gasteiger partial charge in [0, 0.05) is 23.7 Å². The van der Waals surface area contributed by atoms with Gasteiger partial charge in [-0.2, -0.15) is 0 Å². The number of nitrogens with one attached hydrogen (secondary N) is 2. The summed E-state index contributed by atoms with van der Waals surface area (Å²) in [7, 11) is -2.13. The van der Waals surface area contributed by atoms with Gasteiger partial charge in [-0.15, -0.1) is 11.8 Å². The first-order valence-corrected chi connectivity index (χ1v) is 11.6. The molecule has 0 aliphatic heterocycles. The second-order valence-corrected chi connectivity index (χ2v) is 9.01. The molecule has 0 heterocycles. The quantitative estimate of drug-likeness (QED) is 0.524. The third-order valence-corrected chi connectivity index (χ3v) is 6.34. The van der Waals surface area contributed by atoms with E-state index in [-0.39, 0.29) is 29.2 Å². The maximum atomic E-state index is 12.3. The summed E-state index contributed by atoms with van der Waals surface area (Å²) >= 11 is 1.41. The average Bonchev–Trinajstić information content (AvgIpc) is 2.68. The van der Waals surface area contributed by atoms with Crippen molar-refractivity contribution in [3.63, 3.8) is 0 Å². The maximum absolute atomic E-state index is 12.3. The van der Waals surface area contributed by atoms with E-state index in [4.69, 9.17) is 9.47 Å². The lowest BCUT2D eigenvalue weighted by Crippen LogP contribution is -2.35. The van der Waals surface area contributed by atoms with Crippen LogP contribution >= 0.6 is 11.8 Å². The van der Waals surface area contributed by atoms with Gasteiger partial charge in [0.1, 0.15) is 5.75 Å². The lowest BCUT2D eigenvalue weighted by molar-refractivity contribution is -0.113. The van der Waals surface area contributed by atoms with E-state index in [2.05, 4.69) is 10.0 Å². The Morgan fingerprint density at radius 2 is 1.76 bits per heavy atom. The van der Waals surface area contributed by atoms with Gasteiger partial charge in [0.2, 0.25) is 15.9 Å². The van der Waals surface area contributed by atoms with Crippen LogP contribution in [0, 0.1) is 0 Å². The number of thioether (sulfide) groups is 1. The Bertz CT molecular complexity index is 884. The van der Waals surface area contributed by atoms with Gasteiger partial charge in [0.05, 0.1) is 23.9 Å². The van der Waals surface area contributed by atoms with E-state index in [9.17, 15) is 13.2 Å². The Labute approximate surface area is 176 Å². The molecule has 0 aliphatic carbocycles. The highest BCUT2D eigenvalue weighted by molar-refractivity contribution is 8.00. The zero-order chi connectivity index (χ0) is 21.3. The first-order valence-electron chi connectivity index (χ1n) is 9.11. The molecule has 1 atom stereocenters. The van der Waals surface area contributed by atoms with E-state index >= 15 is 0 Å². The molecule has 2 rings (SSSR count). The predicted octanol–water partition coefficient (Wildman–Crippen LogP) is 3.13. The Balaban J connectivity index is 1.87. The fourth-order valence-electron chi connectivity index (χ4n) is 2.48. The molecule has 2 aromatic carbocycles. The molecule has 9 heteroatoms. The number of carbonyl (C=O) groups excluding carboxylic acids is 1. The summed E-state index contributed by atoms with van der Waals surface area (Å²) in [6.45, 7) is 4.53. The van der Waals surface area contributed by atoms with Gasteiger partial charge in [-0.3, -0.25) is 4.79 Å². The number of carbonyl (C=O) groups is 1. The van der Waals surface area contributed by atoms with Gasteiger partial charge >= 0.3 is 0 Å². The molecule has 0 aromatic heterocycles. The van der Waals surface area contributed by atoms with Gasteiger partial charge in [0.15, 0.2) is 0 Å². The number of hydrogen-bond donors (Lipinski definition) is 2. The first kappa shape index (κ1) is 23.2. The van der Waals surface area contributed by atoms with Gasteiger partial charge in [-0.25, -0.2) is 13.1 Å². The maximum Gasteiger partial charge on any atom is 0.240 e. The fourth-order valence-corrected chi connectivity index (χ4v) is 4.41. The SMILES string of the molecule is CCOc1ccc(SCC(=O)Nc2ccc(S(=O)(=O)NC(C)COC)cc2)cc1. The van der Waals surface area contributed by atoms with Crippen molar-refractivity contribution in [3.8, 4) is 5.75 Å². The molecular weight excluding hydrogens is 412 g/mol. The van der Waals surface area contributed by atoms with E-state index in [0.717, 1.165) is 10.6 Å². The molecule has 2 N–H and O–H groups in total. The summed E-state index contributed by atoms with van der Waals surface area (Å²) in [5.41, 5.74) is 0.534. The van der Waals surface area contributed by atoms with Crippen LogP contribution in [0.1, 0.15) is 13.8 Å². The molecule has 0 spiro atoms. The third-order valence-electron chi connectivity index (χ3n) is 3.73. The summed E-state index contributed by atoms with van der Waals surface area (Å²) < 4.78 is 37.5. The predicted molar refractivity (Wildman–Crippen MR) is 115 cm³/mol. The minimum atomic E-state index is -3.64. The second-order valence-electron chi connectivity index (χ2n) is 6.24. The van der Waals surface area contributed by atoms with E-state index in [1.54, 1.807) is 19.1 Å². The Kier molecular flexibility index (Phi) is 8.97. The Hall–Kier alpha value is -2.07. The molecule has 1 unspecified atom stereocenters. The first-order chi connectivity index (χ1) is 13.8. The normalized spacial score (nSPS) is 12.4. The van der Waals surface area contributed by atoms with Crippen LogP contribution in [0.2, 0.25) is 0 Å². The molecule has 0 saturated carbocycles. The molecule has 1 amide bonds. The summed E-state index contributed by atoms with van der Waals surface area (Å²) in [5, 5.41) is 2.76. The van der Waals surface area contributed by atoms with Gasteiger partial charge in [-0.05, 0) is 62.4 Å². The van der Waals surface area contributed by atoms with Crippen LogP contribution in [-0.2, 0) is 19.6 Å². The minimum Gasteiger partial charge on any atom is -0.494 e. The Morgan fingerprint density at radius 3 is 2.34 bits per heavy atom. The standard InChI is InChI=1S/C20H26N2O5S2/c1-4-27-17-7-9-18(10-8-17)28-14-20(23)21-16-5-11-19(12-6-16)29(24,25)22-15(2)13-26-3/h5-12,15,22H,4,13-14H2,1-3H3,(H,21,23). The van der Waals surface area contributed by atoms with Crippen LogP contribution in [0.15, 0.2) is 58.3 Å². The van der Waals surface area contributed by atoms with Crippen LogP contribution < -0.4 is 14.8 Å². The molecule has 0 fully saturated rings. The van der Waals surface area contributed by atoms with Crippen molar-refractivity contribution in [2.45, 2.75) is 29.7 Å².